The molecule has 2 aromatic heterocycles. The van der Waals surface area contributed by atoms with Gasteiger partial charge in [-0.15, -0.1) is 0 Å². The van der Waals surface area contributed by atoms with Crippen LogP contribution >= 0.6 is 0 Å². The lowest BCUT2D eigenvalue weighted by atomic mass is 10.0. The number of hydrogen-bond acceptors (Lipinski definition) is 15. The lowest BCUT2D eigenvalue weighted by molar-refractivity contribution is -0.138. The van der Waals surface area contributed by atoms with Gasteiger partial charge in [-0.2, -0.15) is 18.7 Å². The number of aromatic nitrogens is 4. The molecule has 4 aliphatic rings. The molecular formula is C48H64F2N8O9. The minimum Gasteiger partial charge on any atom is -0.489 e. The van der Waals surface area contributed by atoms with E-state index in [1.165, 1.54) is 25.5 Å². The molecule has 67 heavy (non-hydrogen) atoms. The van der Waals surface area contributed by atoms with Gasteiger partial charge in [0.15, 0.2) is 11.6 Å². The van der Waals surface area contributed by atoms with Gasteiger partial charge in [-0.05, 0) is 103 Å². The van der Waals surface area contributed by atoms with E-state index in [1.54, 1.807) is 68.7 Å². The van der Waals surface area contributed by atoms with Crippen LogP contribution in [0.25, 0.3) is 0 Å². The number of ether oxygens (including phenoxy) is 4. The molecule has 0 spiro atoms. The minimum absolute atomic E-state index is 0.0513. The summed E-state index contributed by atoms with van der Waals surface area (Å²) in [6.45, 7) is 11.7. The first-order valence-electron chi connectivity index (χ1n) is 22.8. The van der Waals surface area contributed by atoms with Gasteiger partial charge in [-0.1, -0.05) is 24.3 Å². The normalized spacial score (nSPS) is 19.0. The first-order valence-corrected chi connectivity index (χ1v) is 22.8. The van der Waals surface area contributed by atoms with Gasteiger partial charge in [0.2, 0.25) is 17.5 Å². The van der Waals surface area contributed by atoms with Crippen molar-refractivity contribution in [3.05, 3.63) is 83.9 Å². The van der Waals surface area contributed by atoms with Crippen molar-refractivity contribution < 1.29 is 52.6 Å². The van der Waals surface area contributed by atoms with Gasteiger partial charge in [-0.25, -0.2) is 9.97 Å². The van der Waals surface area contributed by atoms with Gasteiger partial charge in [0.25, 0.3) is 11.8 Å². The smallest absolute Gasteiger partial charge is 0.310 e. The van der Waals surface area contributed by atoms with Gasteiger partial charge in [0.05, 0.1) is 36.1 Å². The number of nitrogens with two attached hydrogens (primary N) is 1. The molecule has 364 valence electrons. The van der Waals surface area contributed by atoms with E-state index in [9.17, 15) is 28.6 Å². The third-order valence-electron chi connectivity index (χ3n) is 11.2. The van der Waals surface area contributed by atoms with Crippen LogP contribution in [0.4, 0.5) is 20.4 Å². The van der Waals surface area contributed by atoms with Crippen LogP contribution < -0.4 is 39.8 Å². The molecule has 6 N–H and O–H groups in total. The third-order valence-corrected chi connectivity index (χ3v) is 11.2. The van der Waals surface area contributed by atoms with Crippen LogP contribution in [0.2, 0.25) is 0 Å². The number of anilines is 2. The highest BCUT2D eigenvalue weighted by Gasteiger charge is 2.31. The lowest BCUT2D eigenvalue weighted by Crippen LogP contribution is -2.29. The number of carbonyl (C=O) groups excluding carboxylic acids is 1. The molecule has 19 heteroatoms. The van der Waals surface area contributed by atoms with E-state index in [0.717, 1.165) is 18.4 Å². The third kappa shape index (κ3) is 15.6. The highest BCUT2D eigenvalue weighted by Crippen LogP contribution is 2.31. The number of nitrogens with one attached hydrogen (secondary N) is 1. The molecule has 2 aliphatic heterocycles. The Hall–Kier alpha value is -5.92. The molecule has 0 bridgehead atoms. The Labute approximate surface area is 390 Å². The molecule has 4 heterocycles. The molecule has 8 rings (SSSR count). The Morgan fingerprint density at radius 1 is 0.701 bits per heavy atom. The Balaban J connectivity index is 0.000000204. The van der Waals surface area contributed by atoms with Crippen LogP contribution in [0.1, 0.15) is 103 Å². The van der Waals surface area contributed by atoms with Crippen LogP contribution in [0, 0.1) is 11.6 Å². The fourth-order valence-electron chi connectivity index (χ4n) is 6.85. The van der Waals surface area contributed by atoms with Crippen molar-refractivity contribution in [2.45, 2.75) is 127 Å². The summed E-state index contributed by atoms with van der Waals surface area (Å²) in [7, 11) is 0. The molecule has 4 aromatic rings. The highest BCUT2D eigenvalue weighted by molar-refractivity contribution is 5.83. The summed E-state index contributed by atoms with van der Waals surface area (Å²) in [4.78, 5) is 42.7. The number of carboxylic acids is 1. The predicted molar refractivity (Wildman–Crippen MR) is 246 cm³/mol. The number of nitrogens with zero attached hydrogens (tertiary/aromatic N) is 6. The number of rotatable bonds is 17. The van der Waals surface area contributed by atoms with Crippen molar-refractivity contribution in [1.82, 2.24) is 25.3 Å². The molecule has 4 fully saturated rings. The minimum atomic E-state index is -1.11. The Kier molecular flexibility index (Phi) is 16.8. The van der Waals surface area contributed by atoms with Gasteiger partial charge in [0.1, 0.15) is 49.6 Å². The maximum Gasteiger partial charge on any atom is 0.310 e. The van der Waals surface area contributed by atoms with E-state index in [-0.39, 0.29) is 60.6 Å². The number of hydrogen-bond donors (Lipinski definition) is 5. The molecule has 2 saturated heterocycles. The summed E-state index contributed by atoms with van der Waals surface area (Å²) in [6, 6.07) is 15.4. The van der Waals surface area contributed by atoms with Gasteiger partial charge < -0.3 is 55.1 Å². The van der Waals surface area contributed by atoms with Crippen molar-refractivity contribution in [3.8, 4) is 23.3 Å². The lowest BCUT2D eigenvalue weighted by Gasteiger charge is -2.21. The van der Waals surface area contributed by atoms with E-state index in [4.69, 9.17) is 29.8 Å². The Morgan fingerprint density at radius 2 is 1.10 bits per heavy atom. The van der Waals surface area contributed by atoms with Crippen molar-refractivity contribution in [1.29, 1.82) is 0 Å². The molecule has 2 aromatic carbocycles. The fraction of sp³-hybridized carbons (Fsp3) is 0.542. The van der Waals surface area contributed by atoms with Gasteiger partial charge in [0, 0.05) is 38.0 Å². The SMILES string of the molecule is CC(C(=O)NC1CC1)c1ccc(O[C@@H]2CCN(c3ncnc(OCC(C)(C)O)c3F)C2)cc1.CC(C(=O)O)c1ccc(O[C@@H]2CCN(c3ncnc(OCC(C)(C)O)c3F)C2)cc1.NC1CC1. The predicted octanol–water partition coefficient (Wildman–Crippen LogP) is 5.52. The van der Waals surface area contributed by atoms with Gasteiger partial charge in [-0.3, -0.25) is 9.59 Å². The zero-order valence-electron chi connectivity index (χ0n) is 39.0. The Bertz CT molecular complexity index is 2250. The van der Waals surface area contributed by atoms with Crippen LogP contribution in [0.3, 0.4) is 0 Å². The second-order valence-electron chi connectivity index (χ2n) is 18.8. The zero-order valence-corrected chi connectivity index (χ0v) is 39.0. The van der Waals surface area contributed by atoms with E-state index in [1.807, 2.05) is 31.2 Å². The number of carbonyl (C=O) groups is 2. The topological polar surface area (TPSA) is 228 Å². The number of halogens is 2. The molecule has 4 atom stereocenters. The maximum atomic E-state index is 14.9. The average Bonchev–Trinajstić information content (AvgIpc) is 4.18. The quantitative estimate of drug-likeness (QED) is 0.0878. The number of amides is 1. The second kappa shape index (κ2) is 22.3. The van der Waals surface area contributed by atoms with Crippen LogP contribution in [0.15, 0.2) is 61.2 Å². The Morgan fingerprint density at radius 3 is 1.46 bits per heavy atom. The fourth-order valence-corrected chi connectivity index (χ4v) is 6.85. The van der Waals surface area contributed by atoms with E-state index < -0.39 is 34.7 Å². The largest absolute Gasteiger partial charge is 0.489 e. The van der Waals surface area contributed by atoms with Crippen LogP contribution in [-0.2, 0) is 9.59 Å². The summed E-state index contributed by atoms with van der Waals surface area (Å²) < 4.78 is 52.3. The van der Waals surface area contributed by atoms with Crippen molar-refractivity contribution in [2.24, 2.45) is 5.73 Å². The summed E-state index contributed by atoms with van der Waals surface area (Å²) in [6.07, 6.45) is 8.25. The zero-order chi connectivity index (χ0) is 48.5. The van der Waals surface area contributed by atoms with E-state index >= 15 is 0 Å². The molecule has 0 radical (unpaired) electrons. The van der Waals surface area contributed by atoms with Crippen molar-refractivity contribution in [3.63, 3.8) is 0 Å². The van der Waals surface area contributed by atoms with Crippen LogP contribution in [-0.4, -0.2) is 122 Å². The highest BCUT2D eigenvalue weighted by atomic mass is 19.1. The number of aliphatic hydroxyl groups is 2. The second-order valence-corrected chi connectivity index (χ2v) is 18.8. The molecular weight excluding hydrogens is 871 g/mol. The number of benzene rings is 2. The molecule has 2 unspecified atom stereocenters. The summed E-state index contributed by atoms with van der Waals surface area (Å²) in [5.74, 6) is -1.71. The molecule has 2 aliphatic carbocycles. The average molecular weight is 935 g/mol. The number of aliphatic carboxylic acids is 1. The molecule has 2 saturated carbocycles. The standard InChI is InChI=1S/C24H31FN4O4.C21H26FN3O5.C3H7N/c1-15(22(30)28-17-6-7-17)16-4-8-18(9-5-16)33-19-10-11-29(12-19)21-20(25)23(27-14-26-21)32-13-24(2,3)31;1-13(20(26)27)14-4-6-15(7-5-14)30-16-8-9-25(10-16)18-17(22)19(24-12-23-18)29-11-21(2,3)28;4-3-1-2-3/h4-5,8-9,14-15,17,19,31H,6-7,10-13H2,1-3H3,(H,28,30);4-7,12-13,16,28H,8-11H2,1-3H3,(H,26,27);3H,1-2,4H2/t15?,19-;13?,16-;/m11./s1. The number of carboxylic acid groups (broad SMARTS) is 1. The summed E-state index contributed by atoms with van der Waals surface area (Å²) in [5, 5.41) is 31.7. The summed E-state index contributed by atoms with van der Waals surface area (Å²) >= 11 is 0. The van der Waals surface area contributed by atoms with E-state index in [0.29, 0.717) is 68.2 Å². The van der Waals surface area contributed by atoms with Crippen molar-refractivity contribution >= 4 is 23.5 Å². The van der Waals surface area contributed by atoms with E-state index in [2.05, 4.69) is 25.3 Å². The first-order chi connectivity index (χ1) is 31.7. The molecule has 17 nitrogen and oxygen atoms in total. The van der Waals surface area contributed by atoms with Crippen molar-refractivity contribution in [2.75, 3.05) is 49.2 Å². The van der Waals surface area contributed by atoms with Gasteiger partial charge >= 0.3 is 5.97 Å². The monoisotopic (exact) mass is 934 g/mol. The van der Waals surface area contributed by atoms with Crippen LogP contribution in [0.5, 0.6) is 23.3 Å². The summed E-state index contributed by atoms with van der Waals surface area (Å²) in [5.41, 5.74) is 4.65. The first kappa shape index (κ1) is 50.5. The maximum absolute atomic E-state index is 14.9. The molecule has 1 amide bonds.